The van der Waals surface area contributed by atoms with Crippen LogP contribution in [0.5, 0.6) is 0 Å². The van der Waals surface area contributed by atoms with Crippen LogP contribution >= 0.6 is 11.8 Å². The van der Waals surface area contributed by atoms with Crippen LogP contribution in [0.3, 0.4) is 0 Å². The molecule has 0 saturated heterocycles. The predicted octanol–water partition coefficient (Wildman–Crippen LogP) is 3.64. The molecule has 4 nitrogen and oxygen atoms in total. The van der Waals surface area contributed by atoms with E-state index in [0.717, 1.165) is 10.5 Å². The van der Waals surface area contributed by atoms with Gasteiger partial charge < -0.3 is 10.2 Å². The van der Waals surface area contributed by atoms with Crippen molar-refractivity contribution in [3.05, 3.63) is 65.7 Å². The Hall–Kier alpha value is -2.27. The first kappa shape index (κ1) is 20.0. The summed E-state index contributed by atoms with van der Waals surface area (Å²) in [5.74, 6) is 0.149. The SMILES string of the molecule is CC[C@H](C(=O)NC)N(Cc1ccccc1)C(=O)CSc1ccc(C)cc1. The minimum Gasteiger partial charge on any atom is -0.357 e. The van der Waals surface area contributed by atoms with Crippen LogP contribution < -0.4 is 5.32 Å². The standard InChI is InChI=1S/C21H26N2O2S/c1-4-19(21(25)22-3)23(14-17-8-6-5-7-9-17)20(24)15-26-18-12-10-16(2)11-13-18/h5-13,19H,4,14-15H2,1-3H3,(H,22,25)/t19-/m1/s1. The van der Waals surface area contributed by atoms with E-state index in [9.17, 15) is 9.59 Å². The molecule has 2 aromatic rings. The van der Waals surface area contributed by atoms with Crippen molar-refractivity contribution >= 4 is 23.6 Å². The number of aryl methyl sites for hydroxylation is 1. The maximum Gasteiger partial charge on any atom is 0.242 e. The summed E-state index contributed by atoms with van der Waals surface area (Å²) in [6.07, 6.45) is 0.577. The van der Waals surface area contributed by atoms with E-state index >= 15 is 0 Å². The Morgan fingerprint density at radius 3 is 2.31 bits per heavy atom. The van der Waals surface area contributed by atoms with Gasteiger partial charge in [0.25, 0.3) is 0 Å². The zero-order valence-electron chi connectivity index (χ0n) is 15.6. The lowest BCUT2D eigenvalue weighted by Gasteiger charge is -2.30. The fourth-order valence-corrected chi connectivity index (χ4v) is 3.51. The number of carbonyl (C=O) groups is 2. The number of likely N-dealkylation sites (N-methyl/N-ethyl adjacent to an activating group) is 1. The van der Waals surface area contributed by atoms with Gasteiger partial charge in [0.2, 0.25) is 11.8 Å². The molecule has 26 heavy (non-hydrogen) atoms. The predicted molar refractivity (Wildman–Crippen MR) is 107 cm³/mol. The molecule has 0 bridgehead atoms. The number of nitrogens with zero attached hydrogens (tertiary/aromatic N) is 1. The molecule has 0 aliphatic rings. The van der Waals surface area contributed by atoms with Crippen LogP contribution in [0.2, 0.25) is 0 Å². The van der Waals surface area contributed by atoms with Gasteiger partial charge in [-0.1, -0.05) is 55.0 Å². The molecule has 2 rings (SSSR count). The molecule has 0 saturated carbocycles. The van der Waals surface area contributed by atoms with Gasteiger partial charge in [-0.15, -0.1) is 11.8 Å². The highest BCUT2D eigenvalue weighted by Gasteiger charge is 2.27. The van der Waals surface area contributed by atoms with Crippen molar-refractivity contribution in [2.24, 2.45) is 0 Å². The van der Waals surface area contributed by atoms with Gasteiger partial charge in [-0.05, 0) is 31.0 Å². The lowest BCUT2D eigenvalue weighted by Crippen LogP contribution is -2.48. The molecular weight excluding hydrogens is 344 g/mol. The summed E-state index contributed by atoms with van der Waals surface area (Å²) in [5, 5.41) is 2.68. The van der Waals surface area contributed by atoms with Gasteiger partial charge in [0, 0.05) is 18.5 Å². The number of hydrogen-bond donors (Lipinski definition) is 1. The van der Waals surface area contributed by atoms with Crippen molar-refractivity contribution in [2.75, 3.05) is 12.8 Å². The second kappa shape index (κ2) is 10.0. The van der Waals surface area contributed by atoms with Crippen LogP contribution in [0.25, 0.3) is 0 Å². The summed E-state index contributed by atoms with van der Waals surface area (Å²) in [5.41, 5.74) is 2.21. The normalized spacial score (nSPS) is 11.7. The molecule has 1 atom stereocenters. The zero-order chi connectivity index (χ0) is 18.9. The van der Waals surface area contributed by atoms with Crippen LogP contribution in [0.1, 0.15) is 24.5 Å². The van der Waals surface area contributed by atoms with Gasteiger partial charge in [0.05, 0.1) is 5.75 Å². The summed E-state index contributed by atoms with van der Waals surface area (Å²) in [6, 6.07) is 17.4. The molecule has 2 aromatic carbocycles. The second-order valence-electron chi connectivity index (χ2n) is 6.15. The van der Waals surface area contributed by atoms with Gasteiger partial charge in [0.1, 0.15) is 6.04 Å². The summed E-state index contributed by atoms with van der Waals surface area (Å²) in [6.45, 7) is 4.40. The van der Waals surface area contributed by atoms with E-state index in [-0.39, 0.29) is 11.8 Å². The molecule has 0 spiro atoms. The number of carbonyl (C=O) groups excluding carboxylic acids is 2. The summed E-state index contributed by atoms with van der Waals surface area (Å²) < 4.78 is 0. The fourth-order valence-electron chi connectivity index (χ4n) is 2.73. The molecule has 1 N–H and O–H groups in total. The topological polar surface area (TPSA) is 49.4 Å². The average Bonchev–Trinajstić information content (AvgIpc) is 2.67. The van der Waals surface area contributed by atoms with Crippen molar-refractivity contribution < 1.29 is 9.59 Å². The first-order chi connectivity index (χ1) is 12.5. The van der Waals surface area contributed by atoms with E-state index in [1.807, 2.05) is 68.4 Å². The minimum atomic E-state index is -0.466. The van der Waals surface area contributed by atoms with Crippen molar-refractivity contribution in [3.63, 3.8) is 0 Å². The van der Waals surface area contributed by atoms with E-state index in [1.54, 1.807) is 11.9 Å². The quantitative estimate of drug-likeness (QED) is 0.722. The number of amides is 2. The lowest BCUT2D eigenvalue weighted by atomic mass is 10.1. The molecule has 5 heteroatoms. The first-order valence-electron chi connectivity index (χ1n) is 8.79. The number of benzene rings is 2. The third kappa shape index (κ3) is 5.63. The lowest BCUT2D eigenvalue weighted by molar-refractivity contribution is -0.139. The van der Waals surface area contributed by atoms with Crippen LogP contribution in [0.4, 0.5) is 0 Å². The van der Waals surface area contributed by atoms with Crippen molar-refractivity contribution in [1.29, 1.82) is 0 Å². The number of thioether (sulfide) groups is 1. The third-order valence-corrected chi connectivity index (χ3v) is 5.21. The molecule has 0 radical (unpaired) electrons. The first-order valence-corrected chi connectivity index (χ1v) is 9.78. The van der Waals surface area contributed by atoms with Crippen LogP contribution in [-0.4, -0.2) is 35.6 Å². The van der Waals surface area contributed by atoms with E-state index in [0.29, 0.717) is 18.7 Å². The van der Waals surface area contributed by atoms with Crippen molar-refractivity contribution in [3.8, 4) is 0 Å². The fraction of sp³-hybridized carbons (Fsp3) is 0.333. The van der Waals surface area contributed by atoms with Gasteiger partial charge in [-0.3, -0.25) is 9.59 Å². The molecule has 0 aliphatic heterocycles. The van der Waals surface area contributed by atoms with Gasteiger partial charge in [0.15, 0.2) is 0 Å². The molecule has 0 unspecified atom stereocenters. The molecular formula is C21H26N2O2S. The van der Waals surface area contributed by atoms with Gasteiger partial charge in [-0.2, -0.15) is 0 Å². The number of nitrogens with one attached hydrogen (secondary N) is 1. The van der Waals surface area contributed by atoms with Crippen LogP contribution in [0.15, 0.2) is 59.5 Å². The van der Waals surface area contributed by atoms with Gasteiger partial charge >= 0.3 is 0 Å². The Kier molecular flexibility index (Phi) is 7.73. The van der Waals surface area contributed by atoms with Crippen LogP contribution in [0, 0.1) is 6.92 Å². The molecule has 2 amide bonds. The molecule has 138 valence electrons. The van der Waals surface area contributed by atoms with E-state index in [1.165, 1.54) is 17.3 Å². The molecule has 0 aromatic heterocycles. The maximum absolute atomic E-state index is 12.9. The molecule has 0 fully saturated rings. The smallest absolute Gasteiger partial charge is 0.242 e. The largest absolute Gasteiger partial charge is 0.357 e. The van der Waals surface area contributed by atoms with Crippen molar-refractivity contribution in [2.45, 2.75) is 37.8 Å². The Labute approximate surface area is 160 Å². The highest BCUT2D eigenvalue weighted by molar-refractivity contribution is 8.00. The zero-order valence-corrected chi connectivity index (χ0v) is 16.4. The summed E-state index contributed by atoms with van der Waals surface area (Å²) in [7, 11) is 1.61. The Bertz CT molecular complexity index is 717. The Morgan fingerprint density at radius 2 is 1.73 bits per heavy atom. The van der Waals surface area contributed by atoms with E-state index in [2.05, 4.69) is 5.32 Å². The van der Waals surface area contributed by atoms with E-state index < -0.39 is 6.04 Å². The van der Waals surface area contributed by atoms with E-state index in [4.69, 9.17) is 0 Å². The Morgan fingerprint density at radius 1 is 1.08 bits per heavy atom. The number of hydrogen-bond acceptors (Lipinski definition) is 3. The number of rotatable bonds is 8. The minimum absolute atomic E-state index is 0.0325. The Balaban J connectivity index is 2.13. The second-order valence-corrected chi connectivity index (χ2v) is 7.20. The molecule has 0 heterocycles. The highest BCUT2D eigenvalue weighted by Crippen LogP contribution is 2.21. The maximum atomic E-state index is 12.9. The summed E-state index contributed by atoms with van der Waals surface area (Å²) in [4.78, 5) is 28.0. The van der Waals surface area contributed by atoms with Crippen LogP contribution in [-0.2, 0) is 16.1 Å². The van der Waals surface area contributed by atoms with Crippen molar-refractivity contribution in [1.82, 2.24) is 10.2 Å². The average molecular weight is 371 g/mol. The molecule has 0 aliphatic carbocycles. The monoisotopic (exact) mass is 370 g/mol. The third-order valence-electron chi connectivity index (χ3n) is 4.21. The van der Waals surface area contributed by atoms with Gasteiger partial charge in [-0.25, -0.2) is 0 Å². The summed E-state index contributed by atoms with van der Waals surface area (Å²) >= 11 is 1.50. The highest BCUT2D eigenvalue weighted by atomic mass is 32.2.